The number of aliphatic hydroxyl groups is 25. The molecule has 4 saturated carbocycles. The number of carboxylic acids is 1. The van der Waals surface area contributed by atoms with Crippen LogP contribution in [0.1, 0.15) is 120 Å². The van der Waals surface area contributed by atoms with Crippen LogP contribution in [0, 0.1) is 56.2 Å². The minimum absolute atomic E-state index is 0.0273. The lowest BCUT2D eigenvalue weighted by atomic mass is 9.33. The van der Waals surface area contributed by atoms with E-state index in [1.54, 1.807) is 6.92 Å². The van der Waals surface area contributed by atoms with Crippen molar-refractivity contribution in [3.8, 4) is 0 Å². The summed E-state index contributed by atoms with van der Waals surface area (Å²) in [5.74, 6) is -4.41. The fourth-order valence-corrected chi connectivity index (χ4v) is 24.3. The fourth-order valence-electron chi connectivity index (χ4n) is 24.3. The maximum absolute atomic E-state index is 16.2. The smallest absolute Gasteiger partial charge is 0.335 e. The molecule has 10 saturated heterocycles. The molecule has 10 heterocycles. The molecule has 136 heavy (non-hydrogen) atoms. The van der Waals surface area contributed by atoms with Crippen LogP contribution in [0.5, 0.6) is 0 Å². The summed E-state index contributed by atoms with van der Waals surface area (Å²) in [7, 11) is 0. The number of allylic oxidation sites excluding steroid dienone is 2. The summed E-state index contributed by atoms with van der Waals surface area (Å²) in [6.07, 6.45) is -84.0. The molecule has 0 aromatic heterocycles. The van der Waals surface area contributed by atoms with E-state index in [9.17, 15) is 142 Å². The third kappa shape index (κ3) is 19.2. The van der Waals surface area contributed by atoms with Gasteiger partial charge in [-0.3, -0.25) is 4.79 Å². The zero-order chi connectivity index (χ0) is 99.0. The molecule has 0 aromatic carbocycles. The Labute approximate surface area is 780 Å². The average molecular weight is 1970 g/mol. The third-order valence-electron chi connectivity index (χ3n) is 32.8. The molecule has 0 amide bonds. The number of carbonyl (C=O) groups excluding carboxylic acids is 2. The van der Waals surface area contributed by atoms with Gasteiger partial charge < -0.3 is 232 Å². The Morgan fingerprint density at radius 1 is 0.368 bits per heavy atom. The Morgan fingerprint density at radius 3 is 1.35 bits per heavy atom. The van der Waals surface area contributed by atoms with Gasteiger partial charge in [-0.2, -0.15) is 0 Å². The number of rotatable bonds is 25. The first kappa shape index (κ1) is 107. The number of aliphatic carboxylic acids is 1. The molecule has 15 rings (SSSR count). The molecule has 57 atom stereocenters. The summed E-state index contributed by atoms with van der Waals surface area (Å²) in [4.78, 5) is 44.7. The van der Waals surface area contributed by atoms with E-state index in [0.29, 0.717) is 38.5 Å². The predicted molar refractivity (Wildman–Crippen MR) is 437 cm³/mol. The second-order valence-corrected chi connectivity index (χ2v) is 41.5. The van der Waals surface area contributed by atoms with Gasteiger partial charge in [0.15, 0.2) is 62.7 Å². The normalized spacial score (nSPS) is 55.4. The lowest BCUT2D eigenvalue weighted by molar-refractivity contribution is -0.404. The largest absolute Gasteiger partial charge is 0.479 e. The van der Waals surface area contributed by atoms with Crippen LogP contribution in [0.15, 0.2) is 12.2 Å². The highest BCUT2D eigenvalue weighted by molar-refractivity contribution is 5.78. The van der Waals surface area contributed by atoms with Crippen molar-refractivity contribution in [3.63, 3.8) is 0 Å². The zero-order valence-electron chi connectivity index (χ0n) is 76.4. The number of hydrogen-bond donors (Lipinski definition) is 26. The summed E-state index contributed by atoms with van der Waals surface area (Å²) in [6, 6.07) is 0. The Balaban J connectivity index is 0.700. The first-order valence-corrected chi connectivity index (χ1v) is 46.7. The van der Waals surface area contributed by atoms with Crippen LogP contribution < -0.4 is 0 Å². The predicted octanol–water partition coefficient (Wildman–Crippen LogP) is -11.0. The second kappa shape index (κ2) is 41.5. The number of fused-ring (bicyclic) bond motifs is 7. The van der Waals surface area contributed by atoms with Crippen molar-refractivity contribution in [1.29, 1.82) is 0 Å². The van der Waals surface area contributed by atoms with Gasteiger partial charge >= 0.3 is 11.9 Å². The van der Waals surface area contributed by atoms with Crippen molar-refractivity contribution >= 4 is 18.2 Å². The van der Waals surface area contributed by atoms with E-state index < -0.39 is 391 Å². The maximum Gasteiger partial charge on any atom is 0.335 e. The van der Waals surface area contributed by atoms with Crippen LogP contribution in [0.25, 0.3) is 0 Å². The highest BCUT2D eigenvalue weighted by atomic mass is 16.8. The highest BCUT2D eigenvalue weighted by Gasteiger charge is 2.73. The van der Waals surface area contributed by atoms with Gasteiger partial charge in [0.1, 0.15) is 208 Å². The Morgan fingerprint density at radius 2 is 0.801 bits per heavy atom. The number of ether oxygens (including phenoxy) is 20. The summed E-state index contributed by atoms with van der Waals surface area (Å²) < 4.78 is 122. The summed E-state index contributed by atoms with van der Waals surface area (Å²) >= 11 is 0. The van der Waals surface area contributed by atoms with Crippen molar-refractivity contribution in [2.45, 2.75) is 415 Å². The van der Waals surface area contributed by atoms with Crippen LogP contribution in [0.2, 0.25) is 0 Å². The number of aldehydes is 1. The number of aliphatic hydroxyl groups excluding tert-OH is 25. The second-order valence-electron chi connectivity index (χ2n) is 41.5. The summed E-state index contributed by atoms with van der Waals surface area (Å²) in [5, 5.41) is 289. The monoisotopic (exact) mass is 1970 g/mol. The van der Waals surface area contributed by atoms with E-state index in [2.05, 4.69) is 46.8 Å². The maximum atomic E-state index is 16.2. The van der Waals surface area contributed by atoms with Crippen LogP contribution in [0.4, 0.5) is 0 Å². The topological polar surface area (TPSA) is 762 Å². The quantitative estimate of drug-likeness (QED) is 0.0175. The standard InChI is InChI=1S/C87H138O49/c1-28-42(94)49(101)55(107)73(120-28)134-68-65(130-79-66(132-75-57(109)51(103)46(98)36(22-89)124-75)48(100)38(26-119-79)126-71-53(105)43(95)33(92)24-117-71)61(113)78(135-69(68)70(114)115)127-41-13-14-83(6)39(84(41,7)27-91)12-15-86(9)40(83)11-10-31-32-20-82(4,5)16-18-87(32,19-17-85(31,86)8)81(116)136-77-60(112)64(63(30(3)121-77)129-72-54(106)44(96)34(93)25-118-72)131-80-67(133-76-58(110)52(104)47(99)37(23-90)125-76)59(111)62(29(2)122-80)128-74-56(108)50(102)45(97)35(21-88)123-74/h10-11,27-69,71-80,88-90,92-113H,12-26H2,1-9H3,(H,114,115)/t28-,29-,30+,31-,32-,33-,34+,35+,36+,37+,38+,39+,40+,41-,42-,43-,44-,45-,46-,47+,48-,49+,50-,51-,52-,53+,54+,55+,56+,57+,58+,59+,60+,61+,62-,63-,64+,65+,66+,67+,68-,69-,71-,72-,73-,74-,75-,76-,77-,78+,79-,80-,83-,84-,85+,86+,87-/m0/s1. The van der Waals surface area contributed by atoms with E-state index in [-0.39, 0.29) is 31.1 Å². The van der Waals surface area contributed by atoms with Gasteiger partial charge in [-0.15, -0.1) is 0 Å². The molecule has 0 spiro atoms. The molecule has 10 aliphatic heterocycles. The van der Waals surface area contributed by atoms with E-state index in [4.69, 9.17) is 94.7 Å². The van der Waals surface area contributed by atoms with E-state index in [1.807, 2.05) is 0 Å². The molecular weight excluding hydrogens is 1830 g/mol. The SMILES string of the molecule is C[C@@H]1O[C@@H](O[C@H]2[C@H](O[C@@H]3OC[C@@H](O[C@@H]4OC[C@H](O)[C@H](O)[C@H]4O)[C@H](O)[C@H]3O[C@@H]3O[C@H](CO)[C@H](O)[C@H](O)[C@H]3O)[C@@H](O)[C@H](O[C@H]3CC[C@]4(C)[C@H]5C=C[C@H]6[C@@H]7CC(C)(C)CC[C@]7(C(=O)O[C@@H]7O[C@H](C)[C@H](O[C@@H]8OC[C@@H](O)[C@H](O)[C@H]8O)[C@H](O[C@@H]8O[C@@H](C)[C@H](O[C@@H]9O[C@H](CO)[C@H](O)[C@H](O)[C@H]9O)[C@@H](O)[C@H]8O[C@@H]8O[C@H](CO)[C@@H](O)[C@H](O)[C@H]8O)[C@H]7O)CC[C@@]6(C)[C@]5(C)CC[C@H]4[C@]3(C)C=O)O[C@@H]2C(=O)O)[C@H](O)[C@H](O)[C@H]1O. The third-order valence-corrected chi connectivity index (χ3v) is 32.8. The number of carboxylic acid groups (broad SMARTS) is 1. The molecule has 0 unspecified atom stereocenters. The summed E-state index contributed by atoms with van der Waals surface area (Å²) in [6.45, 7) is 11.6. The fraction of sp³-hybridized carbons (Fsp3) is 0.943. The van der Waals surface area contributed by atoms with Crippen LogP contribution in [0.3, 0.4) is 0 Å². The van der Waals surface area contributed by atoms with Gasteiger partial charge in [-0.05, 0) is 124 Å². The number of esters is 1. The Hall–Kier alpha value is -3.41. The highest BCUT2D eigenvalue weighted by Crippen LogP contribution is 2.76. The van der Waals surface area contributed by atoms with Crippen LogP contribution >= 0.6 is 0 Å². The van der Waals surface area contributed by atoms with Crippen molar-refractivity contribution in [2.75, 3.05) is 39.6 Å². The van der Waals surface area contributed by atoms with Crippen LogP contribution in [-0.2, 0) is 109 Å². The van der Waals surface area contributed by atoms with Gasteiger partial charge in [-0.25, -0.2) is 4.79 Å². The van der Waals surface area contributed by atoms with Crippen molar-refractivity contribution in [3.05, 3.63) is 12.2 Å². The number of carbonyl (C=O) groups is 3. The Bertz CT molecular complexity index is 4030. The molecule has 26 N–H and O–H groups in total. The van der Waals surface area contributed by atoms with E-state index in [0.717, 1.165) is 6.29 Å². The molecule has 15 aliphatic rings. The van der Waals surface area contributed by atoms with Crippen molar-refractivity contribution in [1.82, 2.24) is 0 Å². The molecule has 14 fully saturated rings. The lowest BCUT2D eigenvalue weighted by Crippen LogP contribution is -2.69. The molecule has 780 valence electrons. The molecule has 0 radical (unpaired) electrons. The van der Waals surface area contributed by atoms with Gasteiger partial charge in [-0.1, -0.05) is 53.7 Å². The molecule has 49 nitrogen and oxygen atoms in total. The van der Waals surface area contributed by atoms with Crippen molar-refractivity contribution < 1.29 is 242 Å². The molecule has 0 bridgehead atoms. The minimum atomic E-state index is -2.35. The Kier molecular flexibility index (Phi) is 32.6. The molecule has 49 heteroatoms. The minimum Gasteiger partial charge on any atom is -0.479 e. The first-order chi connectivity index (χ1) is 64.0. The first-order valence-electron chi connectivity index (χ1n) is 46.7. The molecular formula is C87H138O49. The zero-order valence-corrected chi connectivity index (χ0v) is 76.4. The molecule has 5 aliphatic carbocycles. The molecule has 0 aromatic rings. The lowest BCUT2D eigenvalue weighted by Gasteiger charge is -2.71. The summed E-state index contributed by atoms with van der Waals surface area (Å²) in [5.41, 5.74) is -5.34. The van der Waals surface area contributed by atoms with E-state index >= 15 is 4.79 Å². The van der Waals surface area contributed by atoms with Gasteiger partial charge in [0.05, 0.1) is 74.9 Å². The van der Waals surface area contributed by atoms with Crippen molar-refractivity contribution in [2.24, 2.45) is 56.2 Å². The van der Waals surface area contributed by atoms with Crippen LogP contribution in [-0.4, -0.2) is 485 Å². The van der Waals surface area contributed by atoms with Gasteiger partial charge in [0, 0.05) is 0 Å². The van der Waals surface area contributed by atoms with Gasteiger partial charge in [0.2, 0.25) is 6.29 Å². The van der Waals surface area contributed by atoms with Gasteiger partial charge in [0.25, 0.3) is 0 Å². The van der Waals surface area contributed by atoms with E-state index in [1.165, 1.54) is 20.8 Å². The number of hydrogen-bond acceptors (Lipinski definition) is 48. The average Bonchev–Trinajstić information content (AvgIpc) is 0.671.